The van der Waals surface area contributed by atoms with Crippen molar-refractivity contribution in [3.05, 3.63) is 0 Å². The molecule has 0 aromatic heterocycles. The minimum Gasteiger partial charge on any atom is -0.466 e. The molecule has 0 aromatic rings. The lowest BCUT2D eigenvalue weighted by Gasteiger charge is -2.35. The molecule has 2 saturated heterocycles. The van der Waals surface area contributed by atoms with Crippen molar-refractivity contribution >= 4 is 12.0 Å². The SMILES string of the molecule is CCOC(=O)C1CCN(C(=O)NC2CCN(C3CC3)CC2)CC1. The standard InChI is InChI=1S/C17H29N3O3/c1-2-23-16(21)13-5-9-20(10-6-13)17(22)18-14-7-11-19(12-8-14)15-3-4-15/h13-15H,2-12H2,1H3,(H,18,22). The first-order valence-electron chi connectivity index (χ1n) is 9.13. The first-order valence-corrected chi connectivity index (χ1v) is 9.13. The molecular weight excluding hydrogens is 294 g/mol. The second-order valence-corrected chi connectivity index (χ2v) is 7.00. The van der Waals surface area contributed by atoms with Gasteiger partial charge in [-0.1, -0.05) is 0 Å². The molecule has 23 heavy (non-hydrogen) atoms. The van der Waals surface area contributed by atoms with E-state index in [9.17, 15) is 9.59 Å². The Balaban J connectivity index is 1.37. The molecule has 3 rings (SSSR count). The minimum absolute atomic E-state index is 0.0391. The van der Waals surface area contributed by atoms with Crippen molar-refractivity contribution in [1.82, 2.24) is 15.1 Å². The summed E-state index contributed by atoms with van der Waals surface area (Å²) in [5.74, 6) is -0.152. The lowest BCUT2D eigenvalue weighted by molar-refractivity contribution is -0.149. The number of nitrogens with zero attached hydrogens (tertiary/aromatic N) is 2. The molecule has 2 aliphatic heterocycles. The van der Waals surface area contributed by atoms with Gasteiger partial charge in [0.25, 0.3) is 0 Å². The van der Waals surface area contributed by atoms with Crippen LogP contribution in [0.4, 0.5) is 4.79 Å². The highest BCUT2D eigenvalue weighted by Crippen LogP contribution is 2.29. The van der Waals surface area contributed by atoms with Gasteiger partial charge < -0.3 is 19.9 Å². The molecule has 0 bridgehead atoms. The summed E-state index contributed by atoms with van der Waals surface area (Å²) in [5, 5.41) is 3.18. The number of hydrogen-bond donors (Lipinski definition) is 1. The summed E-state index contributed by atoms with van der Waals surface area (Å²) in [6.07, 6.45) is 6.25. The van der Waals surface area contributed by atoms with Crippen LogP contribution in [0.25, 0.3) is 0 Å². The first-order chi connectivity index (χ1) is 11.2. The van der Waals surface area contributed by atoms with Gasteiger partial charge in [-0.15, -0.1) is 0 Å². The summed E-state index contributed by atoms with van der Waals surface area (Å²) >= 11 is 0. The van der Waals surface area contributed by atoms with E-state index < -0.39 is 0 Å². The van der Waals surface area contributed by atoms with Crippen molar-refractivity contribution in [2.45, 2.75) is 57.5 Å². The van der Waals surface area contributed by atoms with Crippen LogP contribution in [0.1, 0.15) is 45.4 Å². The Morgan fingerprint density at radius 3 is 2.22 bits per heavy atom. The van der Waals surface area contributed by atoms with Crippen LogP contribution in [-0.2, 0) is 9.53 Å². The molecule has 0 unspecified atom stereocenters. The molecule has 2 amide bonds. The van der Waals surface area contributed by atoms with Crippen molar-refractivity contribution in [2.24, 2.45) is 5.92 Å². The first kappa shape index (κ1) is 16.6. The molecule has 1 saturated carbocycles. The zero-order valence-corrected chi connectivity index (χ0v) is 14.1. The quantitative estimate of drug-likeness (QED) is 0.798. The number of rotatable bonds is 4. The molecule has 1 aliphatic carbocycles. The summed E-state index contributed by atoms with van der Waals surface area (Å²) in [5.41, 5.74) is 0. The van der Waals surface area contributed by atoms with Crippen LogP contribution in [0.2, 0.25) is 0 Å². The Kier molecular flexibility index (Phi) is 5.41. The van der Waals surface area contributed by atoms with Crippen molar-refractivity contribution in [1.29, 1.82) is 0 Å². The molecule has 3 fully saturated rings. The monoisotopic (exact) mass is 323 g/mol. The predicted octanol–water partition coefficient (Wildman–Crippen LogP) is 1.60. The third-order valence-corrected chi connectivity index (χ3v) is 5.32. The van der Waals surface area contributed by atoms with E-state index in [2.05, 4.69) is 10.2 Å². The van der Waals surface area contributed by atoms with Crippen LogP contribution in [-0.4, -0.2) is 66.7 Å². The fourth-order valence-electron chi connectivity index (χ4n) is 3.69. The average Bonchev–Trinajstić information content (AvgIpc) is 3.41. The van der Waals surface area contributed by atoms with Crippen LogP contribution >= 0.6 is 0 Å². The smallest absolute Gasteiger partial charge is 0.317 e. The van der Waals surface area contributed by atoms with Gasteiger partial charge in [-0.3, -0.25) is 4.79 Å². The number of carbonyl (C=O) groups excluding carboxylic acids is 2. The van der Waals surface area contributed by atoms with Crippen molar-refractivity contribution in [3.8, 4) is 0 Å². The molecule has 6 heteroatoms. The van der Waals surface area contributed by atoms with E-state index in [4.69, 9.17) is 4.74 Å². The number of nitrogens with one attached hydrogen (secondary N) is 1. The summed E-state index contributed by atoms with van der Waals surface area (Å²) in [6, 6.07) is 1.17. The third-order valence-electron chi connectivity index (χ3n) is 5.32. The summed E-state index contributed by atoms with van der Waals surface area (Å²) in [4.78, 5) is 28.5. The van der Waals surface area contributed by atoms with Crippen LogP contribution in [0, 0.1) is 5.92 Å². The molecule has 3 aliphatic rings. The Labute approximate surface area is 138 Å². The van der Waals surface area contributed by atoms with Gasteiger partial charge in [0, 0.05) is 38.3 Å². The van der Waals surface area contributed by atoms with Crippen molar-refractivity contribution in [2.75, 3.05) is 32.8 Å². The maximum atomic E-state index is 12.4. The van der Waals surface area contributed by atoms with Crippen LogP contribution in [0.15, 0.2) is 0 Å². The highest BCUT2D eigenvalue weighted by atomic mass is 16.5. The lowest BCUT2D eigenvalue weighted by atomic mass is 9.97. The number of carbonyl (C=O) groups is 2. The molecule has 2 heterocycles. The Hall–Kier alpha value is -1.30. The Morgan fingerprint density at radius 1 is 1.00 bits per heavy atom. The lowest BCUT2D eigenvalue weighted by Crippen LogP contribution is -2.51. The van der Waals surface area contributed by atoms with E-state index in [-0.39, 0.29) is 17.9 Å². The van der Waals surface area contributed by atoms with Gasteiger partial charge in [0.15, 0.2) is 0 Å². The number of likely N-dealkylation sites (tertiary alicyclic amines) is 2. The van der Waals surface area contributed by atoms with E-state index in [0.29, 0.717) is 38.6 Å². The van der Waals surface area contributed by atoms with Gasteiger partial charge in [-0.05, 0) is 45.4 Å². The highest BCUT2D eigenvalue weighted by molar-refractivity contribution is 5.76. The Morgan fingerprint density at radius 2 is 1.65 bits per heavy atom. The second-order valence-electron chi connectivity index (χ2n) is 7.00. The van der Waals surface area contributed by atoms with E-state index in [1.807, 2.05) is 11.8 Å². The van der Waals surface area contributed by atoms with Crippen LogP contribution in [0.5, 0.6) is 0 Å². The van der Waals surface area contributed by atoms with E-state index in [1.54, 1.807) is 0 Å². The van der Waals surface area contributed by atoms with Gasteiger partial charge in [-0.25, -0.2) is 4.79 Å². The molecule has 1 N–H and O–H groups in total. The summed E-state index contributed by atoms with van der Waals surface area (Å²) in [7, 11) is 0. The molecule has 0 atom stereocenters. The highest BCUT2D eigenvalue weighted by Gasteiger charge is 2.33. The maximum absolute atomic E-state index is 12.4. The Bertz CT molecular complexity index is 423. The molecule has 0 spiro atoms. The predicted molar refractivity (Wildman–Crippen MR) is 87.1 cm³/mol. The number of ether oxygens (including phenoxy) is 1. The largest absolute Gasteiger partial charge is 0.466 e. The van der Waals surface area contributed by atoms with Gasteiger partial charge in [0.05, 0.1) is 12.5 Å². The maximum Gasteiger partial charge on any atom is 0.317 e. The number of urea groups is 1. The van der Waals surface area contributed by atoms with Gasteiger partial charge >= 0.3 is 12.0 Å². The normalized spacial score (nSPS) is 24.5. The minimum atomic E-state index is -0.111. The molecular formula is C17H29N3O3. The molecule has 6 nitrogen and oxygen atoms in total. The van der Waals surface area contributed by atoms with E-state index in [0.717, 1.165) is 32.0 Å². The van der Waals surface area contributed by atoms with E-state index in [1.165, 1.54) is 12.8 Å². The molecule has 0 aromatic carbocycles. The molecule has 0 radical (unpaired) electrons. The number of piperidine rings is 2. The topological polar surface area (TPSA) is 61.9 Å². The van der Waals surface area contributed by atoms with Crippen molar-refractivity contribution < 1.29 is 14.3 Å². The number of hydrogen-bond acceptors (Lipinski definition) is 4. The summed E-state index contributed by atoms with van der Waals surface area (Å²) < 4.78 is 5.07. The average molecular weight is 323 g/mol. The number of esters is 1. The van der Waals surface area contributed by atoms with Crippen LogP contribution < -0.4 is 5.32 Å². The van der Waals surface area contributed by atoms with Crippen LogP contribution in [0.3, 0.4) is 0 Å². The van der Waals surface area contributed by atoms with Crippen molar-refractivity contribution in [3.63, 3.8) is 0 Å². The van der Waals surface area contributed by atoms with Gasteiger partial charge in [-0.2, -0.15) is 0 Å². The zero-order valence-electron chi connectivity index (χ0n) is 14.1. The zero-order chi connectivity index (χ0) is 16.2. The molecule has 130 valence electrons. The fraction of sp³-hybridized carbons (Fsp3) is 0.882. The fourth-order valence-corrected chi connectivity index (χ4v) is 3.69. The van der Waals surface area contributed by atoms with Gasteiger partial charge in [0.1, 0.15) is 0 Å². The second kappa shape index (κ2) is 7.51. The third kappa shape index (κ3) is 4.37. The van der Waals surface area contributed by atoms with E-state index >= 15 is 0 Å². The van der Waals surface area contributed by atoms with Gasteiger partial charge in [0.2, 0.25) is 0 Å². The summed E-state index contributed by atoms with van der Waals surface area (Å²) in [6.45, 7) is 5.78. The number of amides is 2.